The molecule has 256 valence electrons. The number of phenolic OH excluding ortho intramolecular Hbond substituents is 1. The van der Waals surface area contributed by atoms with Crippen molar-refractivity contribution in [1.82, 2.24) is 4.90 Å². The molecule has 4 rings (SSSR count). The molecule has 0 spiro atoms. The Bertz CT molecular complexity index is 1470. The van der Waals surface area contributed by atoms with Crippen LogP contribution in [0, 0.1) is 11.6 Å². The molecule has 1 fully saturated rings. The molecule has 2 aromatic carbocycles. The van der Waals surface area contributed by atoms with Gasteiger partial charge in [0.15, 0.2) is 0 Å². The van der Waals surface area contributed by atoms with Gasteiger partial charge in [-0.25, -0.2) is 17.2 Å². The van der Waals surface area contributed by atoms with Gasteiger partial charge in [-0.05, 0) is 124 Å². The van der Waals surface area contributed by atoms with Crippen LogP contribution in [-0.4, -0.2) is 61.2 Å². The van der Waals surface area contributed by atoms with Crippen LogP contribution in [-0.2, 0) is 16.3 Å². The van der Waals surface area contributed by atoms with Crippen LogP contribution >= 0.6 is 0 Å². The second-order valence-corrected chi connectivity index (χ2v) is 14.8. The van der Waals surface area contributed by atoms with Gasteiger partial charge in [0.05, 0.1) is 11.5 Å². The lowest BCUT2D eigenvalue weighted by molar-refractivity contribution is -0.284. The van der Waals surface area contributed by atoms with Gasteiger partial charge in [-0.3, -0.25) is 0 Å². The van der Waals surface area contributed by atoms with Gasteiger partial charge in [0.2, 0.25) is 0 Å². The fourth-order valence-corrected chi connectivity index (χ4v) is 8.15. The Morgan fingerprint density at radius 2 is 1.59 bits per heavy atom. The third-order valence-corrected chi connectivity index (χ3v) is 10.9. The van der Waals surface area contributed by atoms with Gasteiger partial charge in [-0.15, -0.1) is 0 Å². The standard InChI is InChI=1S/C34H42F7NO3S/c35-25-12-14-31(32(36)23-25)30-11-5-8-24-22-27(43)13-15-28(24)29(30)10-3-1-2-4-18-42-19-6-9-26(42)16-21-46(44,45)20-7-17-33(37,38)34(39,40)41/h12-15,22-23,26,43H,1-11,16-21H2/t26-/m0/s1. The molecule has 0 amide bonds. The molecule has 1 heterocycles. The predicted molar refractivity (Wildman–Crippen MR) is 165 cm³/mol. The maximum atomic E-state index is 14.9. The molecule has 1 aliphatic heterocycles. The van der Waals surface area contributed by atoms with Gasteiger partial charge in [0.1, 0.15) is 27.2 Å². The highest BCUT2D eigenvalue weighted by atomic mass is 32.2. The number of unbranched alkanes of at least 4 members (excludes halogenated alkanes) is 3. The number of fused-ring (bicyclic) bond motifs is 1. The summed E-state index contributed by atoms with van der Waals surface area (Å²) >= 11 is 0. The van der Waals surface area contributed by atoms with E-state index in [0.29, 0.717) is 24.8 Å². The van der Waals surface area contributed by atoms with Crippen molar-refractivity contribution in [1.29, 1.82) is 0 Å². The molecule has 1 N–H and O–H groups in total. The quantitative estimate of drug-likeness (QED) is 0.151. The fraction of sp³-hybridized carbons (Fsp3) is 0.588. The van der Waals surface area contributed by atoms with Crippen LogP contribution in [0.2, 0.25) is 0 Å². The molecule has 0 radical (unpaired) electrons. The van der Waals surface area contributed by atoms with Crippen LogP contribution < -0.4 is 0 Å². The topological polar surface area (TPSA) is 57.6 Å². The zero-order valence-electron chi connectivity index (χ0n) is 25.8. The van der Waals surface area contributed by atoms with Crippen molar-refractivity contribution in [2.45, 2.75) is 102 Å². The maximum absolute atomic E-state index is 14.9. The van der Waals surface area contributed by atoms with E-state index in [0.717, 1.165) is 92.8 Å². The molecule has 0 saturated carbocycles. The third kappa shape index (κ3) is 9.71. The molecule has 46 heavy (non-hydrogen) atoms. The van der Waals surface area contributed by atoms with E-state index < -0.39 is 52.2 Å². The molecular weight excluding hydrogens is 635 g/mol. The Kier molecular flexibility index (Phi) is 12.2. The van der Waals surface area contributed by atoms with E-state index in [4.69, 9.17) is 0 Å². The largest absolute Gasteiger partial charge is 0.508 e. The maximum Gasteiger partial charge on any atom is 0.453 e. The van der Waals surface area contributed by atoms with Crippen LogP contribution in [0.25, 0.3) is 11.1 Å². The predicted octanol–water partition coefficient (Wildman–Crippen LogP) is 9.12. The van der Waals surface area contributed by atoms with E-state index in [1.54, 1.807) is 12.1 Å². The van der Waals surface area contributed by atoms with Crippen molar-refractivity contribution in [2.75, 3.05) is 24.6 Å². The molecule has 1 saturated heterocycles. The number of aryl methyl sites for hydroxylation is 1. The van der Waals surface area contributed by atoms with Crippen molar-refractivity contribution in [2.24, 2.45) is 0 Å². The number of alkyl halides is 5. The first kappa shape index (κ1) is 36.2. The monoisotopic (exact) mass is 677 g/mol. The number of nitrogens with zero attached hydrogens (tertiary/aromatic N) is 1. The van der Waals surface area contributed by atoms with E-state index in [9.17, 15) is 44.3 Å². The summed E-state index contributed by atoms with van der Waals surface area (Å²) in [6, 6.07) is 8.96. The van der Waals surface area contributed by atoms with Crippen LogP contribution in [0.3, 0.4) is 0 Å². The normalized spacial score (nSPS) is 18.2. The van der Waals surface area contributed by atoms with Crippen molar-refractivity contribution in [3.8, 4) is 5.75 Å². The highest BCUT2D eigenvalue weighted by molar-refractivity contribution is 7.91. The van der Waals surface area contributed by atoms with Crippen LogP contribution in [0.5, 0.6) is 5.75 Å². The summed E-state index contributed by atoms with van der Waals surface area (Å²) in [6.45, 7) is 1.60. The van der Waals surface area contributed by atoms with Gasteiger partial charge in [0.25, 0.3) is 0 Å². The Balaban J connectivity index is 1.27. The number of sulfone groups is 1. The van der Waals surface area contributed by atoms with Crippen molar-refractivity contribution in [3.63, 3.8) is 0 Å². The Hall–Kier alpha value is -2.60. The van der Waals surface area contributed by atoms with Crippen molar-refractivity contribution in [3.05, 3.63) is 64.7 Å². The smallest absolute Gasteiger partial charge is 0.453 e. The summed E-state index contributed by atoms with van der Waals surface area (Å²) < 4.78 is 117. The first-order chi connectivity index (χ1) is 21.7. The SMILES string of the molecule is O=S(=O)(CCCC(F)(F)C(F)(F)F)CC[C@@H]1CCCN1CCCCCCC1=C(c2ccc(F)cc2F)CCCc2cc(O)ccc21. The average molecular weight is 678 g/mol. The number of aromatic hydroxyl groups is 1. The lowest BCUT2D eigenvalue weighted by atomic mass is 9.88. The minimum atomic E-state index is -5.68. The lowest BCUT2D eigenvalue weighted by Crippen LogP contribution is -2.36. The zero-order valence-corrected chi connectivity index (χ0v) is 26.6. The number of phenols is 1. The van der Waals surface area contributed by atoms with E-state index in [1.165, 1.54) is 12.1 Å². The van der Waals surface area contributed by atoms with Crippen LogP contribution in [0.1, 0.15) is 93.7 Å². The molecule has 0 bridgehead atoms. The Morgan fingerprint density at radius 3 is 2.33 bits per heavy atom. The van der Waals surface area contributed by atoms with E-state index in [-0.39, 0.29) is 17.5 Å². The van der Waals surface area contributed by atoms with E-state index in [2.05, 4.69) is 4.90 Å². The van der Waals surface area contributed by atoms with Crippen LogP contribution in [0.4, 0.5) is 30.7 Å². The molecule has 2 aliphatic rings. The summed E-state index contributed by atoms with van der Waals surface area (Å²) in [7, 11) is -3.75. The lowest BCUT2D eigenvalue weighted by Gasteiger charge is -2.24. The molecule has 0 aromatic heterocycles. The average Bonchev–Trinajstić information content (AvgIpc) is 3.34. The summed E-state index contributed by atoms with van der Waals surface area (Å²) in [5.74, 6) is -6.87. The molecule has 0 unspecified atom stereocenters. The Morgan fingerprint density at radius 1 is 0.848 bits per heavy atom. The third-order valence-electron chi connectivity index (χ3n) is 9.15. The van der Waals surface area contributed by atoms with Crippen LogP contribution in [0.15, 0.2) is 36.4 Å². The van der Waals surface area contributed by atoms with Gasteiger partial charge in [-0.1, -0.05) is 18.9 Å². The fourth-order valence-electron chi connectivity index (χ4n) is 6.73. The molecular formula is C34H42F7NO3S. The number of hydrogen-bond donors (Lipinski definition) is 1. The number of halogens is 7. The molecule has 4 nitrogen and oxygen atoms in total. The number of benzene rings is 2. The first-order valence-corrected chi connectivity index (χ1v) is 17.9. The summed E-state index contributed by atoms with van der Waals surface area (Å²) in [5.41, 5.74) is 4.28. The number of rotatable bonds is 15. The first-order valence-electron chi connectivity index (χ1n) is 16.1. The van der Waals surface area contributed by atoms with Gasteiger partial charge in [0, 0.05) is 24.1 Å². The summed E-state index contributed by atoms with van der Waals surface area (Å²) in [6.07, 6.45) is 0.499. The highest BCUT2D eigenvalue weighted by Crippen LogP contribution is 2.41. The van der Waals surface area contributed by atoms with Crippen molar-refractivity contribution >= 4 is 21.0 Å². The molecule has 1 aliphatic carbocycles. The number of allylic oxidation sites excluding steroid dienone is 2. The van der Waals surface area contributed by atoms with Gasteiger partial charge >= 0.3 is 12.1 Å². The minimum Gasteiger partial charge on any atom is -0.508 e. The summed E-state index contributed by atoms with van der Waals surface area (Å²) in [4.78, 5) is 2.24. The van der Waals surface area contributed by atoms with Gasteiger partial charge < -0.3 is 10.0 Å². The zero-order chi connectivity index (χ0) is 33.5. The van der Waals surface area contributed by atoms with Gasteiger partial charge in [-0.2, -0.15) is 22.0 Å². The Labute approximate surface area is 266 Å². The summed E-state index contributed by atoms with van der Waals surface area (Å²) in [5, 5.41) is 10.1. The highest BCUT2D eigenvalue weighted by Gasteiger charge is 2.56. The molecule has 2 aromatic rings. The van der Waals surface area contributed by atoms with Crippen molar-refractivity contribution < 1.29 is 44.3 Å². The second-order valence-electron chi connectivity index (χ2n) is 12.5. The molecule has 12 heteroatoms. The molecule has 1 atom stereocenters. The second kappa shape index (κ2) is 15.5. The van der Waals surface area contributed by atoms with E-state index >= 15 is 0 Å². The number of likely N-dealkylation sites (tertiary alicyclic amines) is 1. The number of hydrogen-bond acceptors (Lipinski definition) is 4. The minimum absolute atomic E-state index is 0.0311. The van der Waals surface area contributed by atoms with E-state index in [1.807, 2.05) is 6.07 Å².